The van der Waals surface area contributed by atoms with Gasteiger partial charge in [-0.15, -0.1) is 12.4 Å². The van der Waals surface area contributed by atoms with E-state index in [0.29, 0.717) is 12.6 Å². The highest BCUT2D eigenvalue weighted by Gasteiger charge is 2.06. The van der Waals surface area contributed by atoms with Crippen molar-refractivity contribution in [3.8, 4) is 0 Å². The molecule has 0 aliphatic heterocycles. The lowest BCUT2D eigenvalue weighted by molar-refractivity contribution is 0.533. The van der Waals surface area contributed by atoms with Crippen molar-refractivity contribution in [3.05, 3.63) is 47.4 Å². The Morgan fingerprint density at radius 3 is 2.42 bits per heavy atom. The second-order valence-electron chi connectivity index (χ2n) is 4.71. The normalized spacial score (nSPS) is 10.4. The van der Waals surface area contributed by atoms with Gasteiger partial charge in [0.1, 0.15) is 5.82 Å². The van der Waals surface area contributed by atoms with Crippen LogP contribution >= 0.6 is 12.4 Å². The Balaban J connectivity index is 0.00000180. The molecule has 0 bridgehead atoms. The number of anilines is 1. The van der Waals surface area contributed by atoms with Gasteiger partial charge >= 0.3 is 0 Å². The molecule has 0 aliphatic rings. The average Bonchev–Trinajstić information content (AvgIpc) is 2.70. The molecule has 0 unspecified atom stereocenters. The van der Waals surface area contributed by atoms with Gasteiger partial charge in [-0.25, -0.2) is 4.39 Å². The van der Waals surface area contributed by atoms with E-state index in [-0.39, 0.29) is 18.2 Å². The summed E-state index contributed by atoms with van der Waals surface area (Å²) in [4.78, 5) is 0. The van der Waals surface area contributed by atoms with Crippen LogP contribution in [-0.2, 0) is 6.54 Å². The highest BCUT2D eigenvalue weighted by Crippen LogP contribution is 2.16. The molecule has 2 rings (SSSR count). The predicted molar refractivity (Wildman–Crippen MR) is 78.3 cm³/mol. The van der Waals surface area contributed by atoms with E-state index in [1.165, 1.54) is 12.1 Å². The molecule has 2 aromatic rings. The Labute approximate surface area is 119 Å². The van der Waals surface area contributed by atoms with Crippen molar-refractivity contribution < 1.29 is 4.39 Å². The topological polar surface area (TPSA) is 29.9 Å². The number of benzene rings is 1. The van der Waals surface area contributed by atoms with Crippen molar-refractivity contribution in [2.24, 2.45) is 0 Å². The van der Waals surface area contributed by atoms with E-state index in [2.05, 4.69) is 24.3 Å². The molecule has 0 radical (unpaired) electrons. The summed E-state index contributed by atoms with van der Waals surface area (Å²) in [5, 5.41) is 7.74. The van der Waals surface area contributed by atoms with E-state index in [4.69, 9.17) is 0 Å². The second-order valence-corrected chi connectivity index (χ2v) is 4.71. The van der Waals surface area contributed by atoms with Gasteiger partial charge < -0.3 is 5.32 Å². The van der Waals surface area contributed by atoms with Crippen LogP contribution in [-0.4, -0.2) is 9.78 Å². The number of rotatable bonds is 4. The van der Waals surface area contributed by atoms with E-state index >= 15 is 0 Å². The molecule has 0 saturated heterocycles. The van der Waals surface area contributed by atoms with Crippen molar-refractivity contribution >= 4 is 18.2 Å². The Hall–Kier alpha value is -1.55. The van der Waals surface area contributed by atoms with E-state index in [0.717, 1.165) is 16.9 Å². The van der Waals surface area contributed by atoms with Crippen LogP contribution in [0.5, 0.6) is 0 Å². The smallest absolute Gasteiger partial charge is 0.151 e. The molecular formula is C14H19ClFN3. The first-order valence-corrected chi connectivity index (χ1v) is 6.10. The number of hydrogen-bond acceptors (Lipinski definition) is 2. The van der Waals surface area contributed by atoms with Crippen LogP contribution in [0.1, 0.15) is 31.0 Å². The van der Waals surface area contributed by atoms with Gasteiger partial charge in [0.2, 0.25) is 0 Å². The van der Waals surface area contributed by atoms with E-state index < -0.39 is 0 Å². The summed E-state index contributed by atoms with van der Waals surface area (Å²) in [6, 6.07) is 6.84. The summed E-state index contributed by atoms with van der Waals surface area (Å²) < 4.78 is 14.7. The molecular weight excluding hydrogens is 265 g/mol. The minimum absolute atomic E-state index is 0. The SMILES string of the molecule is Cc1cn(C(C)C)nc1NCc1ccc(F)cc1.Cl. The quantitative estimate of drug-likeness (QED) is 0.921. The fraction of sp³-hybridized carbons (Fsp3) is 0.357. The molecule has 0 aliphatic carbocycles. The Kier molecular flexibility index (Phi) is 5.36. The molecule has 0 atom stereocenters. The molecule has 1 N–H and O–H groups in total. The van der Waals surface area contributed by atoms with Gasteiger partial charge in [-0.05, 0) is 38.5 Å². The number of hydrogen-bond donors (Lipinski definition) is 1. The maximum absolute atomic E-state index is 12.8. The van der Waals surface area contributed by atoms with Gasteiger partial charge in [-0.2, -0.15) is 5.10 Å². The van der Waals surface area contributed by atoms with Crippen molar-refractivity contribution in [2.75, 3.05) is 5.32 Å². The van der Waals surface area contributed by atoms with Crippen LogP contribution in [0.4, 0.5) is 10.2 Å². The van der Waals surface area contributed by atoms with Gasteiger partial charge in [-0.1, -0.05) is 12.1 Å². The Morgan fingerprint density at radius 1 is 1.26 bits per heavy atom. The van der Waals surface area contributed by atoms with Crippen LogP contribution in [0.15, 0.2) is 30.5 Å². The fourth-order valence-corrected chi connectivity index (χ4v) is 1.71. The zero-order valence-electron chi connectivity index (χ0n) is 11.4. The van der Waals surface area contributed by atoms with Gasteiger partial charge in [-0.3, -0.25) is 4.68 Å². The summed E-state index contributed by atoms with van der Waals surface area (Å²) >= 11 is 0. The molecule has 1 aromatic heterocycles. The van der Waals surface area contributed by atoms with Crippen molar-refractivity contribution in [2.45, 2.75) is 33.4 Å². The largest absolute Gasteiger partial charge is 0.364 e. The third-order valence-corrected chi connectivity index (χ3v) is 2.82. The third-order valence-electron chi connectivity index (χ3n) is 2.82. The first-order chi connectivity index (χ1) is 8.56. The van der Waals surface area contributed by atoms with Crippen LogP contribution in [0.3, 0.4) is 0 Å². The molecule has 1 heterocycles. The molecule has 0 amide bonds. The summed E-state index contributed by atoms with van der Waals surface area (Å²) in [5.41, 5.74) is 2.15. The summed E-state index contributed by atoms with van der Waals surface area (Å²) in [5.74, 6) is 0.673. The minimum Gasteiger partial charge on any atom is -0.364 e. The monoisotopic (exact) mass is 283 g/mol. The van der Waals surface area contributed by atoms with Gasteiger partial charge in [0, 0.05) is 24.3 Å². The molecule has 0 saturated carbocycles. The predicted octanol–water partition coefficient (Wildman–Crippen LogP) is 3.95. The molecule has 5 heteroatoms. The van der Waals surface area contributed by atoms with Gasteiger partial charge in [0.15, 0.2) is 5.82 Å². The molecule has 0 fully saturated rings. The lowest BCUT2D eigenvalue weighted by Crippen LogP contribution is -2.04. The number of aryl methyl sites for hydroxylation is 1. The van der Waals surface area contributed by atoms with Gasteiger partial charge in [0.25, 0.3) is 0 Å². The highest BCUT2D eigenvalue weighted by molar-refractivity contribution is 5.85. The maximum Gasteiger partial charge on any atom is 0.151 e. The molecule has 19 heavy (non-hydrogen) atoms. The molecule has 104 valence electrons. The molecule has 0 spiro atoms. The van der Waals surface area contributed by atoms with Crippen molar-refractivity contribution in [1.82, 2.24) is 9.78 Å². The van der Waals surface area contributed by atoms with E-state index in [1.807, 2.05) is 17.8 Å². The zero-order chi connectivity index (χ0) is 13.1. The van der Waals surface area contributed by atoms with Crippen LogP contribution < -0.4 is 5.32 Å². The molecule has 1 aromatic carbocycles. The van der Waals surface area contributed by atoms with Crippen LogP contribution in [0, 0.1) is 12.7 Å². The Bertz CT molecular complexity index is 520. The first-order valence-electron chi connectivity index (χ1n) is 6.10. The van der Waals surface area contributed by atoms with Crippen LogP contribution in [0.25, 0.3) is 0 Å². The van der Waals surface area contributed by atoms with Gasteiger partial charge in [0.05, 0.1) is 0 Å². The minimum atomic E-state index is -0.209. The van der Waals surface area contributed by atoms with Crippen LogP contribution in [0.2, 0.25) is 0 Å². The maximum atomic E-state index is 12.8. The number of nitrogens with zero attached hydrogens (tertiary/aromatic N) is 2. The lowest BCUT2D eigenvalue weighted by Gasteiger charge is -2.05. The average molecular weight is 284 g/mol. The lowest BCUT2D eigenvalue weighted by atomic mass is 10.2. The Morgan fingerprint density at radius 2 is 1.89 bits per heavy atom. The second kappa shape index (κ2) is 6.57. The third kappa shape index (κ3) is 3.96. The van der Waals surface area contributed by atoms with Crippen molar-refractivity contribution in [1.29, 1.82) is 0 Å². The number of aromatic nitrogens is 2. The fourth-order valence-electron chi connectivity index (χ4n) is 1.71. The first kappa shape index (κ1) is 15.5. The van der Waals surface area contributed by atoms with Crippen molar-refractivity contribution in [3.63, 3.8) is 0 Å². The standard InChI is InChI=1S/C14H18FN3.ClH/c1-10(2)18-9-11(3)14(17-18)16-8-12-4-6-13(15)7-5-12;/h4-7,9-10H,8H2,1-3H3,(H,16,17);1H. The summed E-state index contributed by atoms with van der Waals surface area (Å²) in [7, 11) is 0. The number of halogens is 2. The highest BCUT2D eigenvalue weighted by atomic mass is 35.5. The zero-order valence-corrected chi connectivity index (χ0v) is 12.2. The van der Waals surface area contributed by atoms with E-state index in [9.17, 15) is 4.39 Å². The summed E-state index contributed by atoms with van der Waals surface area (Å²) in [6.45, 7) is 6.86. The van der Waals surface area contributed by atoms with E-state index in [1.54, 1.807) is 12.1 Å². The summed E-state index contributed by atoms with van der Waals surface area (Å²) in [6.07, 6.45) is 2.03. The molecule has 3 nitrogen and oxygen atoms in total. The number of nitrogens with one attached hydrogen (secondary N) is 1.